The minimum Gasteiger partial charge on any atom is -0.415 e. The molecule has 2 aliphatic rings. The number of benzene rings is 1. The van der Waals surface area contributed by atoms with Crippen molar-refractivity contribution in [2.75, 3.05) is 55.8 Å². The molecular formula is C31H49N7O3SSi. The molecule has 2 N–H and O–H groups in total. The molecule has 0 atom stereocenters. The van der Waals surface area contributed by atoms with Crippen LogP contribution in [0.4, 0.5) is 11.6 Å². The van der Waals surface area contributed by atoms with Crippen LogP contribution in [-0.4, -0.2) is 93.2 Å². The van der Waals surface area contributed by atoms with Crippen LogP contribution in [0.2, 0.25) is 18.1 Å². The van der Waals surface area contributed by atoms with Crippen molar-refractivity contribution in [2.24, 2.45) is 0 Å². The van der Waals surface area contributed by atoms with Gasteiger partial charge in [-0.1, -0.05) is 26.8 Å². The Balaban J connectivity index is 1.22. The highest BCUT2D eigenvalue weighted by Gasteiger charge is 2.38. The molecule has 2 aromatic heterocycles. The Morgan fingerprint density at radius 3 is 2.49 bits per heavy atom. The summed E-state index contributed by atoms with van der Waals surface area (Å²) in [6, 6.07) is 10.8. The van der Waals surface area contributed by atoms with Crippen LogP contribution in [0, 0.1) is 0 Å². The first kappa shape index (κ1) is 31.9. The summed E-state index contributed by atoms with van der Waals surface area (Å²) in [5, 5.41) is 8.28. The fourth-order valence-electron chi connectivity index (χ4n) is 6.00. The second kappa shape index (κ2) is 12.8. The van der Waals surface area contributed by atoms with Crippen LogP contribution in [0.1, 0.15) is 46.5 Å². The molecule has 10 nitrogen and oxygen atoms in total. The fourth-order valence-corrected chi connectivity index (χ4v) is 8.20. The Labute approximate surface area is 258 Å². The maximum atomic E-state index is 12.7. The topological polar surface area (TPSA) is 105 Å². The van der Waals surface area contributed by atoms with E-state index in [4.69, 9.17) is 9.41 Å². The number of nitrogens with one attached hydrogen (secondary N) is 2. The van der Waals surface area contributed by atoms with Crippen LogP contribution in [0.5, 0.6) is 0 Å². The summed E-state index contributed by atoms with van der Waals surface area (Å²) in [6.45, 7) is 15.8. The van der Waals surface area contributed by atoms with Crippen LogP contribution in [0.15, 0.2) is 42.7 Å². The van der Waals surface area contributed by atoms with Crippen molar-refractivity contribution in [3.63, 3.8) is 0 Å². The molecule has 236 valence electrons. The second-order valence-electron chi connectivity index (χ2n) is 13.5. The third-order valence-corrected chi connectivity index (χ3v) is 15.4. The third kappa shape index (κ3) is 7.42. The summed E-state index contributed by atoms with van der Waals surface area (Å²) in [5.74, 6) is 1.42. The predicted octanol–water partition coefficient (Wildman–Crippen LogP) is 4.84. The molecule has 1 aliphatic heterocycles. The Morgan fingerprint density at radius 1 is 1.09 bits per heavy atom. The number of aromatic nitrogens is 3. The van der Waals surface area contributed by atoms with E-state index in [0.29, 0.717) is 19.1 Å². The molecule has 2 fully saturated rings. The molecule has 5 rings (SSSR count). The van der Waals surface area contributed by atoms with Gasteiger partial charge in [0.05, 0.1) is 11.8 Å². The van der Waals surface area contributed by atoms with Crippen molar-refractivity contribution >= 4 is 40.9 Å². The van der Waals surface area contributed by atoms with Gasteiger partial charge in [0.2, 0.25) is 16.0 Å². The van der Waals surface area contributed by atoms with Gasteiger partial charge < -0.3 is 24.5 Å². The molecule has 1 aromatic carbocycles. The largest absolute Gasteiger partial charge is 0.415 e. The van der Waals surface area contributed by atoms with Gasteiger partial charge in [0.15, 0.2) is 8.32 Å². The third-order valence-electron chi connectivity index (χ3n) is 9.50. The molecule has 1 saturated heterocycles. The number of rotatable bonds is 10. The van der Waals surface area contributed by atoms with Crippen molar-refractivity contribution in [3.8, 4) is 5.82 Å². The number of hydrogen-bond donors (Lipinski definition) is 2. The minimum atomic E-state index is -3.34. The lowest BCUT2D eigenvalue weighted by atomic mass is 9.91. The molecule has 1 aliphatic carbocycles. The number of fused-ring (bicyclic) bond motifs is 1. The number of piperazine rings is 1. The van der Waals surface area contributed by atoms with Gasteiger partial charge in [0, 0.05) is 74.9 Å². The number of hydrogen-bond acceptors (Lipinski definition) is 8. The van der Waals surface area contributed by atoms with E-state index in [2.05, 4.69) is 89.4 Å². The van der Waals surface area contributed by atoms with E-state index in [1.807, 2.05) is 6.07 Å². The SMILES string of the molecule is CC(C)(C)[Si](C)(C)OCCN(C1CCC(Nc2nccc(-n3ccc4c(N5CCNCC5)cccc43)n2)CC1)S(C)(=O)=O. The Morgan fingerprint density at radius 2 is 1.81 bits per heavy atom. The lowest BCUT2D eigenvalue weighted by Crippen LogP contribution is -2.47. The van der Waals surface area contributed by atoms with E-state index in [1.54, 1.807) is 10.5 Å². The molecule has 3 aromatic rings. The zero-order chi connectivity index (χ0) is 30.8. The smallest absolute Gasteiger partial charge is 0.224 e. The van der Waals surface area contributed by atoms with Crippen molar-refractivity contribution in [1.82, 2.24) is 24.2 Å². The average molecular weight is 628 g/mol. The first-order chi connectivity index (χ1) is 20.3. The number of nitrogens with zero attached hydrogens (tertiary/aromatic N) is 5. The number of sulfonamides is 1. The van der Waals surface area contributed by atoms with Gasteiger partial charge in [-0.2, -0.15) is 9.29 Å². The van der Waals surface area contributed by atoms with Gasteiger partial charge in [-0.25, -0.2) is 13.4 Å². The summed E-state index contributed by atoms with van der Waals surface area (Å²) in [5.41, 5.74) is 2.39. The summed E-state index contributed by atoms with van der Waals surface area (Å²) in [4.78, 5) is 11.8. The van der Waals surface area contributed by atoms with Gasteiger partial charge in [-0.15, -0.1) is 0 Å². The van der Waals surface area contributed by atoms with Crippen molar-refractivity contribution < 1.29 is 12.8 Å². The van der Waals surface area contributed by atoms with E-state index in [9.17, 15) is 8.42 Å². The van der Waals surface area contributed by atoms with Crippen LogP contribution in [-0.2, 0) is 14.4 Å². The van der Waals surface area contributed by atoms with E-state index >= 15 is 0 Å². The van der Waals surface area contributed by atoms with Gasteiger partial charge in [0.25, 0.3) is 0 Å². The summed E-state index contributed by atoms with van der Waals surface area (Å²) in [6.07, 6.45) is 8.50. The second-order valence-corrected chi connectivity index (χ2v) is 20.2. The van der Waals surface area contributed by atoms with E-state index in [0.717, 1.165) is 63.2 Å². The van der Waals surface area contributed by atoms with Crippen LogP contribution < -0.4 is 15.5 Å². The molecule has 43 heavy (non-hydrogen) atoms. The Bertz CT molecular complexity index is 1490. The molecule has 0 amide bonds. The highest BCUT2D eigenvalue weighted by atomic mass is 32.2. The van der Waals surface area contributed by atoms with Crippen LogP contribution >= 0.6 is 0 Å². The average Bonchev–Trinajstić information content (AvgIpc) is 3.40. The molecule has 3 heterocycles. The predicted molar refractivity (Wildman–Crippen MR) is 178 cm³/mol. The molecule has 1 saturated carbocycles. The van der Waals surface area contributed by atoms with Gasteiger partial charge in [-0.3, -0.25) is 0 Å². The van der Waals surface area contributed by atoms with Crippen molar-refractivity contribution in [1.29, 1.82) is 0 Å². The standard InChI is InChI=1S/C31H49N7O3SSi/c1-31(2,3)43(5,6)41-23-22-38(42(4,39)40)25-12-10-24(11-13-25)34-30-33-16-14-29(35-30)37-19-15-26-27(8-7-9-28(26)37)36-20-17-32-18-21-36/h7-9,14-16,19,24-25,32H,10-13,17-18,20-23H2,1-6H3,(H,33,34,35). The van der Waals surface area contributed by atoms with Crippen molar-refractivity contribution in [3.05, 3.63) is 42.7 Å². The summed E-state index contributed by atoms with van der Waals surface area (Å²) in [7, 11) is -5.28. The summed E-state index contributed by atoms with van der Waals surface area (Å²) >= 11 is 0. The molecular weight excluding hydrogens is 579 g/mol. The van der Waals surface area contributed by atoms with Crippen LogP contribution in [0.25, 0.3) is 16.7 Å². The van der Waals surface area contributed by atoms with Gasteiger partial charge >= 0.3 is 0 Å². The summed E-state index contributed by atoms with van der Waals surface area (Å²) < 4.78 is 35.6. The quantitative estimate of drug-likeness (QED) is 0.308. The fraction of sp³-hybridized carbons (Fsp3) is 0.613. The van der Waals surface area contributed by atoms with Gasteiger partial charge in [-0.05, 0) is 68.1 Å². The zero-order valence-electron chi connectivity index (χ0n) is 26.6. The lowest BCUT2D eigenvalue weighted by molar-refractivity contribution is 0.198. The van der Waals surface area contributed by atoms with Crippen molar-refractivity contribution in [2.45, 2.75) is 76.7 Å². The minimum absolute atomic E-state index is 0.0144. The highest BCUT2D eigenvalue weighted by Crippen LogP contribution is 2.37. The van der Waals surface area contributed by atoms with E-state index < -0.39 is 18.3 Å². The lowest BCUT2D eigenvalue weighted by Gasteiger charge is -2.38. The maximum Gasteiger partial charge on any atom is 0.224 e. The van der Waals surface area contributed by atoms with E-state index in [1.165, 1.54) is 17.3 Å². The van der Waals surface area contributed by atoms with Crippen LogP contribution in [0.3, 0.4) is 0 Å². The molecule has 12 heteroatoms. The number of anilines is 2. The molecule has 0 unspecified atom stereocenters. The Hall–Kier alpha value is -2.51. The molecule has 0 spiro atoms. The highest BCUT2D eigenvalue weighted by molar-refractivity contribution is 7.88. The van der Waals surface area contributed by atoms with Gasteiger partial charge in [0.1, 0.15) is 5.82 Å². The molecule has 0 radical (unpaired) electrons. The first-order valence-corrected chi connectivity index (χ1v) is 20.4. The normalized spacial score (nSPS) is 20.6. The van der Waals surface area contributed by atoms with E-state index in [-0.39, 0.29) is 17.1 Å². The maximum absolute atomic E-state index is 12.7. The zero-order valence-corrected chi connectivity index (χ0v) is 28.5. The first-order valence-electron chi connectivity index (χ1n) is 15.6. The monoisotopic (exact) mass is 627 g/mol. The molecule has 0 bridgehead atoms. The Kier molecular flexibility index (Phi) is 9.53.